The van der Waals surface area contributed by atoms with Crippen LogP contribution in [0.1, 0.15) is 38.8 Å². The summed E-state index contributed by atoms with van der Waals surface area (Å²) in [5, 5.41) is 9.21. The smallest absolute Gasteiger partial charge is 0.272 e. The molecule has 4 aromatic carbocycles. The summed E-state index contributed by atoms with van der Waals surface area (Å²) in [5.41, 5.74) is 8.59. The summed E-state index contributed by atoms with van der Waals surface area (Å²) in [6.07, 6.45) is 0. The van der Waals surface area contributed by atoms with Crippen LogP contribution in [0.15, 0.2) is 96.1 Å². The van der Waals surface area contributed by atoms with E-state index in [4.69, 9.17) is 39.8 Å². The van der Waals surface area contributed by atoms with Crippen molar-refractivity contribution >= 4 is 68.9 Å². The van der Waals surface area contributed by atoms with Gasteiger partial charge in [-0.05, 0) is 73.5 Å². The minimum atomic E-state index is -0.360. The fraction of sp³-hybridized carbons (Fsp3) is 0.0625. The zero-order chi connectivity index (χ0) is 29.1. The number of para-hydroxylation sites is 1. The van der Waals surface area contributed by atoms with Gasteiger partial charge < -0.3 is 5.32 Å². The molecule has 0 bridgehead atoms. The van der Waals surface area contributed by atoms with Crippen LogP contribution in [-0.4, -0.2) is 22.5 Å². The molecular formula is C32H23Cl3N4O2. The lowest BCUT2D eigenvalue weighted by atomic mass is 10.0. The van der Waals surface area contributed by atoms with E-state index in [1.807, 2.05) is 37.3 Å². The number of halogens is 3. The zero-order valence-corrected chi connectivity index (χ0v) is 24.3. The topological polar surface area (TPSA) is 83.4 Å². The first-order chi connectivity index (χ1) is 19.7. The lowest BCUT2D eigenvalue weighted by molar-refractivity contribution is 0.0955. The van der Waals surface area contributed by atoms with Gasteiger partial charge in [-0.25, -0.2) is 10.4 Å². The summed E-state index contributed by atoms with van der Waals surface area (Å²) in [6.45, 7) is 3.75. The van der Waals surface area contributed by atoms with E-state index in [-0.39, 0.29) is 16.8 Å². The number of nitrogens with one attached hydrogen (secondary N) is 2. The van der Waals surface area contributed by atoms with Crippen LogP contribution in [0.4, 0.5) is 5.69 Å². The predicted molar refractivity (Wildman–Crippen MR) is 167 cm³/mol. The first-order valence-electron chi connectivity index (χ1n) is 12.6. The Morgan fingerprint density at radius 2 is 1.49 bits per heavy atom. The Morgan fingerprint density at radius 3 is 2.20 bits per heavy atom. The molecule has 0 spiro atoms. The molecule has 0 aliphatic carbocycles. The van der Waals surface area contributed by atoms with Gasteiger partial charge in [-0.3, -0.25) is 9.59 Å². The normalized spacial score (nSPS) is 11.4. The molecule has 9 heteroatoms. The maximum Gasteiger partial charge on any atom is 0.272 e. The number of fused-ring (bicyclic) bond motifs is 1. The molecule has 5 rings (SSSR count). The van der Waals surface area contributed by atoms with E-state index in [1.165, 1.54) is 6.07 Å². The highest BCUT2D eigenvalue weighted by Crippen LogP contribution is 2.28. The molecule has 5 aromatic rings. The highest BCUT2D eigenvalue weighted by molar-refractivity contribution is 6.37. The first kappa shape index (κ1) is 28.3. The molecule has 0 unspecified atom stereocenters. The third-order valence-corrected chi connectivity index (χ3v) is 7.29. The van der Waals surface area contributed by atoms with Crippen molar-refractivity contribution < 1.29 is 9.59 Å². The Balaban J connectivity index is 1.35. The minimum absolute atomic E-state index is 0.266. The summed E-state index contributed by atoms with van der Waals surface area (Å²) in [7, 11) is 0. The summed E-state index contributed by atoms with van der Waals surface area (Å²) in [5.74, 6) is -0.712. The Labute approximate surface area is 252 Å². The number of aryl methyl sites for hydroxylation is 1. The maximum absolute atomic E-state index is 13.4. The second-order valence-corrected chi connectivity index (χ2v) is 10.6. The average Bonchev–Trinajstić information content (AvgIpc) is 2.96. The fourth-order valence-electron chi connectivity index (χ4n) is 4.27. The van der Waals surface area contributed by atoms with Gasteiger partial charge in [-0.15, -0.1) is 0 Å². The zero-order valence-electron chi connectivity index (χ0n) is 22.0. The van der Waals surface area contributed by atoms with Crippen LogP contribution in [0.5, 0.6) is 0 Å². The van der Waals surface area contributed by atoms with Crippen molar-refractivity contribution in [2.24, 2.45) is 5.10 Å². The predicted octanol–water partition coefficient (Wildman–Crippen LogP) is 8.58. The summed E-state index contributed by atoms with van der Waals surface area (Å²) >= 11 is 18.1. The van der Waals surface area contributed by atoms with Crippen LogP contribution in [0.3, 0.4) is 0 Å². The number of anilines is 1. The standard InChI is InChI=1S/C32H23Cl3N4O2/c1-18-4-3-5-25-27(17-29(37-30(18)25)21-6-10-22(33)11-7-21)32(41)39-38-19(2)20-8-13-24(14-9-20)36-31(40)26-15-12-23(34)16-28(26)35/h3-17H,1-2H3,(H,36,40)(H,39,41)/b38-19-. The van der Waals surface area contributed by atoms with E-state index in [9.17, 15) is 9.59 Å². The number of hydrazone groups is 1. The van der Waals surface area contributed by atoms with Crippen molar-refractivity contribution in [3.8, 4) is 11.3 Å². The second-order valence-electron chi connectivity index (χ2n) is 9.33. The van der Waals surface area contributed by atoms with Crippen molar-refractivity contribution in [1.82, 2.24) is 10.4 Å². The molecule has 1 heterocycles. The SMILES string of the molecule is C/C(=N/NC(=O)c1cc(-c2ccc(Cl)cc2)nc2c(C)cccc12)c1ccc(NC(=O)c2ccc(Cl)cc2Cl)cc1. The summed E-state index contributed by atoms with van der Waals surface area (Å²) in [6, 6.07) is 26.6. The van der Waals surface area contributed by atoms with E-state index < -0.39 is 0 Å². The van der Waals surface area contributed by atoms with Gasteiger partial charge in [0.1, 0.15) is 0 Å². The van der Waals surface area contributed by atoms with Gasteiger partial charge in [0.05, 0.1) is 33.1 Å². The average molecular weight is 602 g/mol. The molecule has 0 fully saturated rings. The quantitative estimate of drug-likeness (QED) is 0.151. The van der Waals surface area contributed by atoms with Crippen molar-refractivity contribution in [2.75, 3.05) is 5.32 Å². The molecule has 0 aliphatic rings. The van der Waals surface area contributed by atoms with Crippen LogP contribution in [0, 0.1) is 6.92 Å². The number of carbonyl (C=O) groups is 2. The van der Waals surface area contributed by atoms with Crippen LogP contribution in [-0.2, 0) is 0 Å². The van der Waals surface area contributed by atoms with Gasteiger partial charge in [-0.2, -0.15) is 5.10 Å². The van der Waals surface area contributed by atoms with Crippen molar-refractivity contribution in [3.63, 3.8) is 0 Å². The molecule has 0 atom stereocenters. The number of hydrogen-bond donors (Lipinski definition) is 2. The number of hydrogen-bond acceptors (Lipinski definition) is 4. The lowest BCUT2D eigenvalue weighted by Gasteiger charge is -2.11. The molecule has 0 saturated carbocycles. The number of benzene rings is 4. The molecule has 204 valence electrons. The summed E-state index contributed by atoms with van der Waals surface area (Å²) < 4.78 is 0. The molecule has 1 aromatic heterocycles. The third-order valence-electron chi connectivity index (χ3n) is 6.49. The number of carbonyl (C=O) groups excluding carboxylic acids is 2. The largest absolute Gasteiger partial charge is 0.322 e. The second kappa shape index (κ2) is 12.1. The maximum atomic E-state index is 13.4. The van der Waals surface area contributed by atoms with Gasteiger partial charge in [0.2, 0.25) is 0 Å². The van der Waals surface area contributed by atoms with Gasteiger partial charge >= 0.3 is 0 Å². The molecular weight excluding hydrogens is 579 g/mol. The number of amides is 2. The Kier molecular flexibility index (Phi) is 8.36. The van der Waals surface area contributed by atoms with Gasteiger partial charge in [-0.1, -0.05) is 77.3 Å². The van der Waals surface area contributed by atoms with E-state index in [0.717, 1.165) is 27.6 Å². The summed E-state index contributed by atoms with van der Waals surface area (Å²) in [4.78, 5) is 30.8. The first-order valence-corrected chi connectivity index (χ1v) is 13.7. The minimum Gasteiger partial charge on any atom is -0.322 e. The van der Waals surface area contributed by atoms with Crippen LogP contribution in [0.25, 0.3) is 22.2 Å². The van der Waals surface area contributed by atoms with E-state index in [0.29, 0.717) is 38.3 Å². The van der Waals surface area contributed by atoms with Gasteiger partial charge in [0.15, 0.2) is 0 Å². The highest BCUT2D eigenvalue weighted by Gasteiger charge is 2.16. The Bertz CT molecular complexity index is 1820. The number of rotatable bonds is 6. The molecule has 2 amide bonds. The molecule has 0 radical (unpaired) electrons. The molecule has 0 saturated heterocycles. The van der Waals surface area contributed by atoms with Gasteiger partial charge in [0.25, 0.3) is 11.8 Å². The monoisotopic (exact) mass is 600 g/mol. The van der Waals surface area contributed by atoms with E-state index >= 15 is 0 Å². The third kappa shape index (κ3) is 6.41. The van der Waals surface area contributed by atoms with Crippen molar-refractivity contribution in [2.45, 2.75) is 13.8 Å². The van der Waals surface area contributed by atoms with E-state index in [2.05, 4.69) is 15.8 Å². The van der Waals surface area contributed by atoms with Crippen LogP contribution in [0.2, 0.25) is 15.1 Å². The van der Waals surface area contributed by atoms with Crippen LogP contribution < -0.4 is 10.7 Å². The fourth-order valence-corrected chi connectivity index (χ4v) is 4.89. The Morgan fingerprint density at radius 1 is 0.780 bits per heavy atom. The van der Waals surface area contributed by atoms with Crippen molar-refractivity contribution in [3.05, 3.63) is 128 Å². The molecule has 6 nitrogen and oxygen atoms in total. The van der Waals surface area contributed by atoms with E-state index in [1.54, 1.807) is 61.5 Å². The molecule has 0 aliphatic heterocycles. The highest BCUT2D eigenvalue weighted by atomic mass is 35.5. The lowest BCUT2D eigenvalue weighted by Crippen LogP contribution is -2.20. The molecule has 41 heavy (non-hydrogen) atoms. The number of aromatic nitrogens is 1. The van der Waals surface area contributed by atoms with Gasteiger partial charge in [0, 0.05) is 26.7 Å². The Hall–Kier alpha value is -4.23. The molecule has 2 N–H and O–H groups in total. The van der Waals surface area contributed by atoms with Crippen molar-refractivity contribution in [1.29, 1.82) is 0 Å². The van der Waals surface area contributed by atoms with Crippen LogP contribution >= 0.6 is 34.8 Å². The number of nitrogens with zero attached hydrogens (tertiary/aromatic N) is 2. The number of pyridine rings is 1.